The number of hydrogen-bond donors (Lipinski definition) is 3. The summed E-state index contributed by atoms with van der Waals surface area (Å²) in [5.74, 6) is 1.11. The van der Waals surface area contributed by atoms with E-state index < -0.39 is 0 Å². The van der Waals surface area contributed by atoms with Gasteiger partial charge in [-0.05, 0) is 62.3 Å². The molecule has 35 heavy (non-hydrogen) atoms. The van der Waals surface area contributed by atoms with Gasteiger partial charge in [0, 0.05) is 42.4 Å². The summed E-state index contributed by atoms with van der Waals surface area (Å²) in [5.41, 5.74) is 2.11. The maximum Gasteiger partial charge on any atom is 0.323 e. The monoisotopic (exact) mass is 476 g/mol. The Morgan fingerprint density at radius 3 is 2.34 bits per heavy atom. The summed E-state index contributed by atoms with van der Waals surface area (Å²) in [6.07, 6.45) is 5.14. The second-order valence-electron chi connectivity index (χ2n) is 8.30. The SMILES string of the molecule is O=C(Nc1ccncc1)Nc1ccc(-c2nc(OC3CCNCC3)nc(N3CCOCC3)n2)cc1. The molecule has 0 bridgehead atoms. The number of ether oxygens (including phenoxy) is 2. The lowest BCUT2D eigenvalue weighted by molar-refractivity contribution is 0.121. The molecule has 0 atom stereocenters. The molecule has 0 spiro atoms. The first-order chi connectivity index (χ1) is 17.2. The maximum absolute atomic E-state index is 12.3. The van der Waals surface area contributed by atoms with Gasteiger partial charge >= 0.3 is 12.0 Å². The number of anilines is 3. The molecule has 5 rings (SSSR count). The van der Waals surface area contributed by atoms with Crippen molar-refractivity contribution in [3.63, 3.8) is 0 Å². The third-order valence-corrected chi connectivity index (χ3v) is 5.79. The topological polar surface area (TPSA) is 126 Å². The highest BCUT2D eigenvalue weighted by Crippen LogP contribution is 2.24. The van der Waals surface area contributed by atoms with Crippen LogP contribution in [-0.2, 0) is 4.74 Å². The van der Waals surface area contributed by atoms with E-state index in [1.54, 1.807) is 24.5 Å². The third-order valence-electron chi connectivity index (χ3n) is 5.79. The van der Waals surface area contributed by atoms with Gasteiger partial charge < -0.3 is 30.3 Å². The van der Waals surface area contributed by atoms with Crippen molar-refractivity contribution in [3.8, 4) is 17.4 Å². The van der Waals surface area contributed by atoms with Gasteiger partial charge in [0.2, 0.25) is 5.95 Å². The van der Waals surface area contributed by atoms with Crippen LogP contribution in [0, 0.1) is 0 Å². The number of carbonyl (C=O) groups excluding carboxylic acids is 1. The quantitative estimate of drug-likeness (QED) is 0.492. The van der Waals surface area contributed by atoms with Crippen LogP contribution >= 0.6 is 0 Å². The van der Waals surface area contributed by atoms with Crippen molar-refractivity contribution in [2.24, 2.45) is 0 Å². The zero-order valence-corrected chi connectivity index (χ0v) is 19.3. The molecular formula is C24H28N8O3. The van der Waals surface area contributed by atoms with Crippen LogP contribution in [0.25, 0.3) is 11.4 Å². The van der Waals surface area contributed by atoms with Gasteiger partial charge in [-0.15, -0.1) is 0 Å². The van der Waals surface area contributed by atoms with E-state index in [1.807, 2.05) is 24.3 Å². The standard InChI is InChI=1S/C24H28N8O3/c33-23(28-19-5-9-25-10-6-19)27-18-3-1-17(2-4-18)21-29-22(32-13-15-34-16-14-32)31-24(30-21)35-20-7-11-26-12-8-20/h1-6,9-10,20,26H,7-8,11-16H2,(H2,25,27,28,33). The number of pyridine rings is 1. The largest absolute Gasteiger partial charge is 0.460 e. The van der Waals surface area contributed by atoms with Gasteiger partial charge in [-0.2, -0.15) is 15.0 Å². The molecule has 11 nitrogen and oxygen atoms in total. The van der Waals surface area contributed by atoms with Crippen LogP contribution in [0.15, 0.2) is 48.8 Å². The number of morpholine rings is 1. The van der Waals surface area contributed by atoms with Gasteiger partial charge in [-0.25, -0.2) is 4.79 Å². The average molecular weight is 477 g/mol. The first-order valence-corrected chi connectivity index (χ1v) is 11.8. The van der Waals surface area contributed by atoms with Crippen molar-refractivity contribution in [3.05, 3.63) is 48.8 Å². The molecule has 0 radical (unpaired) electrons. The molecule has 0 unspecified atom stereocenters. The highest BCUT2D eigenvalue weighted by Gasteiger charge is 2.21. The van der Waals surface area contributed by atoms with Gasteiger partial charge in [0.25, 0.3) is 0 Å². The summed E-state index contributed by atoms with van der Waals surface area (Å²) in [5, 5.41) is 8.93. The van der Waals surface area contributed by atoms with Gasteiger partial charge in [0.05, 0.1) is 13.2 Å². The van der Waals surface area contributed by atoms with Crippen molar-refractivity contribution in [1.29, 1.82) is 0 Å². The summed E-state index contributed by atoms with van der Waals surface area (Å²) in [6.45, 7) is 4.53. The smallest absolute Gasteiger partial charge is 0.323 e. The molecule has 3 aromatic rings. The number of carbonyl (C=O) groups is 1. The van der Waals surface area contributed by atoms with Crippen molar-refractivity contribution in [1.82, 2.24) is 25.3 Å². The number of amides is 2. The number of hydrogen-bond acceptors (Lipinski definition) is 9. The molecule has 4 heterocycles. The molecule has 3 N–H and O–H groups in total. The van der Waals surface area contributed by atoms with E-state index in [1.165, 1.54) is 0 Å². The molecule has 182 valence electrons. The van der Waals surface area contributed by atoms with E-state index in [-0.39, 0.29) is 12.1 Å². The van der Waals surface area contributed by atoms with E-state index in [0.29, 0.717) is 55.5 Å². The second-order valence-corrected chi connectivity index (χ2v) is 8.30. The van der Waals surface area contributed by atoms with Gasteiger partial charge in [-0.1, -0.05) is 0 Å². The molecule has 2 aliphatic heterocycles. The number of piperidine rings is 1. The Kier molecular flexibility index (Phi) is 7.25. The summed E-state index contributed by atoms with van der Waals surface area (Å²) >= 11 is 0. The summed E-state index contributed by atoms with van der Waals surface area (Å²) < 4.78 is 11.6. The predicted molar refractivity (Wildman–Crippen MR) is 132 cm³/mol. The van der Waals surface area contributed by atoms with E-state index in [4.69, 9.17) is 14.5 Å². The molecule has 0 aliphatic carbocycles. The highest BCUT2D eigenvalue weighted by molar-refractivity contribution is 5.99. The maximum atomic E-state index is 12.3. The minimum absolute atomic E-state index is 0.0783. The summed E-state index contributed by atoms with van der Waals surface area (Å²) in [4.78, 5) is 32.2. The molecule has 2 aliphatic rings. The molecule has 2 amide bonds. The van der Waals surface area contributed by atoms with Crippen LogP contribution in [0.3, 0.4) is 0 Å². The van der Waals surface area contributed by atoms with E-state index in [2.05, 4.69) is 35.8 Å². The fourth-order valence-corrected chi connectivity index (χ4v) is 3.93. The fourth-order valence-electron chi connectivity index (χ4n) is 3.93. The highest BCUT2D eigenvalue weighted by atomic mass is 16.5. The number of aromatic nitrogens is 4. The lowest BCUT2D eigenvalue weighted by atomic mass is 10.1. The number of nitrogens with zero attached hydrogens (tertiary/aromatic N) is 5. The zero-order chi connectivity index (χ0) is 23.9. The third kappa shape index (κ3) is 6.19. The summed E-state index contributed by atoms with van der Waals surface area (Å²) in [6, 6.07) is 10.8. The Bertz CT molecular complexity index is 1120. The molecule has 1 aromatic carbocycles. The van der Waals surface area contributed by atoms with Crippen molar-refractivity contribution >= 4 is 23.4 Å². The second kappa shape index (κ2) is 11.1. The van der Waals surface area contributed by atoms with Crippen LogP contribution in [0.5, 0.6) is 6.01 Å². The van der Waals surface area contributed by atoms with Crippen molar-refractivity contribution in [2.45, 2.75) is 18.9 Å². The normalized spacial score (nSPS) is 16.5. The van der Waals surface area contributed by atoms with Crippen LogP contribution in [0.1, 0.15) is 12.8 Å². The summed E-state index contributed by atoms with van der Waals surface area (Å²) in [7, 11) is 0. The van der Waals surface area contributed by atoms with Crippen LogP contribution < -0.4 is 25.6 Å². The Hall–Kier alpha value is -3.83. The van der Waals surface area contributed by atoms with Crippen molar-refractivity contribution < 1.29 is 14.3 Å². The minimum atomic E-state index is -0.337. The fraction of sp³-hybridized carbons (Fsp3) is 0.375. The minimum Gasteiger partial charge on any atom is -0.460 e. The number of nitrogens with one attached hydrogen (secondary N) is 3. The van der Waals surface area contributed by atoms with Gasteiger partial charge in [-0.3, -0.25) is 4.98 Å². The first kappa shape index (κ1) is 22.9. The predicted octanol–water partition coefficient (Wildman–Crippen LogP) is 2.54. The van der Waals surface area contributed by atoms with Crippen LogP contribution in [0.4, 0.5) is 22.1 Å². The average Bonchev–Trinajstić information content (AvgIpc) is 2.90. The van der Waals surface area contributed by atoms with E-state index in [0.717, 1.165) is 31.5 Å². The Morgan fingerprint density at radius 2 is 1.63 bits per heavy atom. The molecule has 2 fully saturated rings. The number of rotatable bonds is 6. The first-order valence-electron chi connectivity index (χ1n) is 11.8. The molecule has 2 saturated heterocycles. The van der Waals surface area contributed by atoms with Crippen LogP contribution in [0.2, 0.25) is 0 Å². The van der Waals surface area contributed by atoms with Crippen molar-refractivity contribution in [2.75, 3.05) is 54.9 Å². The number of benzene rings is 1. The van der Waals surface area contributed by atoms with Gasteiger partial charge in [0.1, 0.15) is 6.10 Å². The lowest BCUT2D eigenvalue weighted by Crippen LogP contribution is -2.38. The van der Waals surface area contributed by atoms with E-state index >= 15 is 0 Å². The Labute approximate surface area is 203 Å². The van der Waals surface area contributed by atoms with Gasteiger partial charge in [0.15, 0.2) is 5.82 Å². The van der Waals surface area contributed by atoms with Crippen LogP contribution in [-0.4, -0.2) is 71.5 Å². The molecule has 0 saturated carbocycles. The molecular weight excluding hydrogens is 448 g/mol. The Morgan fingerprint density at radius 1 is 0.943 bits per heavy atom. The van der Waals surface area contributed by atoms with E-state index in [9.17, 15) is 4.79 Å². The molecule has 11 heteroatoms. The number of urea groups is 1. The lowest BCUT2D eigenvalue weighted by Gasteiger charge is -2.28. The molecule has 2 aromatic heterocycles. The zero-order valence-electron chi connectivity index (χ0n) is 19.3. The Balaban J connectivity index is 1.33.